The van der Waals surface area contributed by atoms with Crippen LogP contribution in [0.15, 0.2) is 46.1 Å². The maximum absolute atomic E-state index is 2.23. The van der Waals surface area contributed by atoms with E-state index in [0.717, 1.165) is 0 Å². The molecule has 0 aromatic heterocycles. The molecule has 0 radical (unpaired) electrons. The van der Waals surface area contributed by atoms with Gasteiger partial charge in [-0.1, -0.05) is 24.3 Å². The predicted octanol–water partition coefficient (Wildman–Crippen LogP) is 4.05. The van der Waals surface area contributed by atoms with Crippen molar-refractivity contribution >= 4 is 0 Å². The molecular weight excluding hydrogens is 348 g/mol. The van der Waals surface area contributed by atoms with Gasteiger partial charge in [0.2, 0.25) is 0 Å². The minimum absolute atomic E-state index is 1.18. The van der Waals surface area contributed by atoms with Crippen molar-refractivity contribution in [2.75, 3.05) is 0 Å². The van der Waals surface area contributed by atoms with Gasteiger partial charge in [0.15, 0.2) is 0 Å². The topological polar surface area (TPSA) is 0 Å². The molecule has 0 aromatic rings. The zero-order valence-corrected chi connectivity index (χ0v) is 11.0. The first-order chi connectivity index (χ1) is 6.84. The fourth-order valence-corrected chi connectivity index (χ4v) is 2.27. The fraction of sp³-hybridized carbons (Fsp3) is 0.385. The summed E-state index contributed by atoms with van der Waals surface area (Å²) in [4.78, 5) is 0. The van der Waals surface area contributed by atoms with Gasteiger partial charge >= 0.3 is 60.5 Å². The van der Waals surface area contributed by atoms with Crippen molar-refractivity contribution in [2.45, 2.75) is 32.6 Å². The van der Waals surface area contributed by atoms with Crippen LogP contribution in [0.4, 0.5) is 0 Å². The second-order valence-electron chi connectivity index (χ2n) is 3.30. The van der Waals surface area contributed by atoms with Gasteiger partial charge in [0, 0.05) is 0 Å². The van der Waals surface area contributed by atoms with Crippen molar-refractivity contribution in [1.82, 2.24) is 0 Å². The van der Waals surface area contributed by atoms with E-state index in [9.17, 15) is 0 Å². The van der Waals surface area contributed by atoms with Crippen LogP contribution in [0.5, 0.6) is 0 Å². The zero-order valence-electron chi connectivity index (χ0n) is 8.63. The summed E-state index contributed by atoms with van der Waals surface area (Å²) in [5.74, 6) is 0. The molecule has 0 fully saturated rings. The van der Waals surface area contributed by atoms with Gasteiger partial charge in [-0.15, -0.1) is 0 Å². The summed E-state index contributed by atoms with van der Waals surface area (Å²) in [7, 11) is 0. The first kappa shape index (κ1) is 11.7. The van der Waals surface area contributed by atoms with Crippen LogP contribution in [0.3, 0.4) is 0 Å². The molecule has 0 aliphatic heterocycles. The average Bonchev–Trinajstić information content (AvgIpc) is 2.67. The van der Waals surface area contributed by atoms with E-state index in [1.165, 1.54) is 31.3 Å². The Hall–Kier alpha value is -0.391. The maximum atomic E-state index is 2.23. The van der Waals surface area contributed by atoms with E-state index in [4.69, 9.17) is 0 Å². The molecule has 0 N–H and O–H groups in total. The van der Waals surface area contributed by atoms with Crippen LogP contribution in [0.25, 0.3) is 0 Å². The average molecular weight is 365 g/mol. The summed E-state index contributed by atoms with van der Waals surface area (Å²) in [5, 5.41) is 0. The van der Waals surface area contributed by atoms with Crippen LogP contribution >= 0.6 is 0 Å². The van der Waals surface area contributed by atoms with Gasteiger partial charge in [-0.2, -0.15) is 0 Å². The molecule has 0 saturated carbocycles. The third kappa shape index (κ3) is 4.21. The van der Waals surface area contributed by atoms with Crippen molar-refractivity contribution in [2.24, 2.45) is 0 Å². The van der Waals surface area contributed by atoms with E-state index >= 15 is 0 Å². The zero-order chi connectivity index (χ0) is 10.2. The molecule has 2 aliphatic carbocycles. The molecule has 0 saturated heterocycles. The van der Waals surface area contributed by atoms with E-state index in [2.05, 4.69) is 62.3 Å². The van der Waals surface area contributed by atoms with Crippen molar-refractivity contribution in [1.29, 1.82) is 0 Å². The predicted molar refractivity (Wildman–Crippen MR) is 58.6 cm³/mol. The van der Waals surface area contributed by atoms with E-state index < -0.39 is 0 Å². The number of rotatable bonds is 1. The molecule has 0 bridgehead atoms. The van der Waals surface area contributed by atoms with E-state index in [0.29, 0.717) is 0 Å². The van der Waals surface area contributed by atoms with Gasteiger partial charge in [0.1, 0.15) is 0 Å². The van der Waals surface area contributed by atoms with Crippen LogP contribution < -0.4 is 0 Å². The molecule has 0 heterocycles. The number of hydrogen-bond donors (Lipinski definition) is 0. The van der Waals surface area contributed by atoms with E-state index in [-0.39, 0.29) is 0 Å². The van der Waals surface area contributed by atoms with Crippen molar-refractivity contribution < 1.29 is 18.9 Å². The Morgan fingerprint density at radius 2 is 1.79 bits per heavy atom. The van der Waals surface area contributed by atoms with Crippen LogP contribution in [0.1, 0.15) is 32.6 Å². The Bertz CT molecular complexity index is 268. The van der Waals surface area contributed by atoms with Crippen LogP contribution in [-0.4, -0.2) is 0 Å². The summed E-state index contributed by atoms with van der Waals surface area (Å²) < 4.78 is 1.55. The summed E-state index contributed by atoms with van der Waals surface area (Å²) in [6.07, 6.45) is 17.8. The van der Waals surface area contributed by atoms with Gasteiger partial charge < -0.3 is 0 Å². The molecule has 0 unspecified atom stereocenters. The first-order valence-corrected chi connectivity index (χ1v) is 6.38. The van der Waals surface area contributed by atoms with Crippen molar-refractivity contribution in [3.63, 3.8) is 0 Å². The number of allylic oxidation sites excluding steroid dienone is 8. The molecule has 2 rings (SSSR count). The third-order valence-electron chi connectivity index (χ3n) is 2.21. The molecule has 2 aliphatic rings. The molecule has 0 spiro atoms. The van der Waals surface area contributed by atoms with Crippen LogP contribution in [-0.2, 0) is 18.9 Å². The van der Waals surface area contributed by atoms with Gasteiger partial charge in [0.05, 0.1) is 0 Å². The number of hydrogen-bond acceptors (Lipinski definition) is 0. The Labute approximate surface area is 97.6 Å². The summed E-state index contributed by atoms with van der Waals surface area (Å²) in [5.41, 5.74) is 1.53. The van der Waals surface area contributed by atoms with Gasteiger partial charge in [-0.25, -0.2) is 0 Å². The molecule has 0 amide bonds. The minimum atomic E-state index is 1.18. The molecule has 0 aromatic carbocycles. The SMILES string of the molecule is C1=CCCC=C1.CCC1=[C]([Ir])CC=C1. The van der Waals surface area contributed by atoms with Crippen LogP contribution in [0.2, 0.25) is 0 Å². The molecule has 78 valence electrons. The fourth-order valence-electron chi connectivity index (χ4n) is 1.36. The second kappa shape index (κ2) is 6.97. The Morgan fingerprint density at radius 3 is 2.00 bits per heavy atom. The first-order valence-electron chi connectivity index (χ1n) is 5.18. The molecule has 1 heteroatoms. The monoisotopic (exact) mass is 366 g/mol. The molecule has 14 heavy (non-hydrogen) atoms. The Kier molecular flexibility index (Phi) is 5.82. The van der Waals surface area contributed by atoms with Crippen LogP contribution in [0, 0.1) is 0 Å². The van der Waals surface area contributed by atoms with E-state index in [1.54, 1.807) is 4.09 Å². The standard InChI is InChI=1S/C7H9.C6H8.Ir/c1-2-7-5-3-4-6-7;1-2-4-6-5-3-1;/h3,5H,2,4H2,1H3;1-4H,5-6H2;. The van der Waals surface area contributed by atoms with Crippen molar-refractivity contribution in [3.05, 3.63) is 46.1 Å². The second-order valence-corrected chi connectivity index (χ2v) is 4.74. The molecule has 0 nitrogen and oxygen atoms in total. The van der Waals surface area contributed by atoms with E-state index in [1.807, 2.05) is 0 Å². The Morgan fingerprint density at radius 1 is 1.14 bits per heavy atom. The quantitative estimate of drug-likeness (QED) is 0.658. The summed E-state index contributed by atoms with van der Waals surface area (Å²) in [6, 6.07) is 0. The molecular formula is C13H17Ir. The Balaban J connectivity index is 0.000000146. The van der Waals surface area contributed by atoms with Crippen molar-refractivity contribution in [3.8, 4) is 0 Å². The van der Waals surface area contributed by atoms with Gasteiger partial charge in [0.25, 0.3) is 0 Å². The van der Waals surface area contributed by atoms with Gasteiger partial charge in [-0.05, 0) is 12.8 Å². The molecule has 0 atom stereocenters. The summed E-state index contributed by atoms with van der Waals surface area (Å²) in [6.45, 7) is 2.20. The third-order valence-corrected chi connectivity index (χ3v) is 3.46. The van der Waals surface area contributed by atoms with Gasteiger partial charge in [-0.3, -0.25) is 0 Å². The summed E-state index contributed by atoms with van der Waals surface area (Å²) >= 11 is 2.21. The normalized spacial score (nSPS) is 18.5.